The van der Waals surface area contributed by atoms with Crippen molar-refractivity contribution in [3.05, 3.63) is 33.9 Å². The summed E-state index contributed by atoms with van der Waals surface area (Å²) in [6.45, 7) is 1.48. The van der Waals surface area contributed by atoms with Crippen LogP contribution in [0.4, 0.5) is 13.2 Å². The first-order valence-electron chi connectivity index (χ1n) is 6.56. The van der Waals surface area contributed by atoms with E-state index in [0.717, 1.165) is 23.9 Å². The third-order valence-electron chi connectivity index (χ3n) is 3.79. The van der Waals surface area contributed by atoms with Gasteiger partial charge in [0, 0.05) is 21.9 Å². The lowest BCUT2D eigenvalue weighted by Crippen LogP contribution is -2.29. The third-order valence-corrected chi connectivity index (χ3v) is 4.28. The van der Waals surface area contributed by atoms with E-state index in [0.29, 0.717) is 23.0 Å². The molecule has 2 nitrogen and oxygen atoms in total. The van der Waals surface area contributed by atoms with E-state index in [-0.39, 0.29) is 5.92 Å². The van der Waals surface area contributed by atoms with Gasteiger partial charge in [-0.1, -0.05) is 15.9 Å². The van der Waals surface area contributed by atoms with Gasteiger partial charge in [0.2, 0.25) is 0 Å². The van der Waals surface area contributed by atoms with Crippen LogP contribution < -0.4 is 5.32 Å². The first-order valence-corrected chi connectivity index (χ1v) is 7.35. The molecular weight excluding hydrogens is 333 g/mol. The minimum Gasteiger partial charge on any atom is -0.351 e. The monoisotopic (exact) mass is 346 g/mol. The van der Waals surface area contributed by atoms with Gasteiger partial charge in [0.1, 0.15) is 5.69 Å². The van der Waals surface area contributed by atoms with Gasteiger partial charge in [-0.2, -0.15) is 13.2 Å². The van der Waals surface area contributed by atoms with Crippen molar-refractivity contribution in [3.63, 3.8) is 0 Å². The average molecular weight is 347 g/mol. The molecule has 2 aromatic rings. The van der Waals surface area contributed by atoms with E-state index >= 15 is 0 Å². The summed E-state index contributed by atoms with van der Waals surface area (Å²) in [5, 5.41) is 3.86. The molecule has 2 N–H and O–H groups in total. The second-order valence-corrected chi connectivity index (χ2v) is 6.06. The molecule has 3 rings (SSSR count). The molecule has 20 heavy (non-hydrogen) atoms. The zero-order chi connectivity index (χ0) is 14.3. The first kappa shape index (κ1) is 13.9. The number of nitrogens with one attached hydrogen (secondary N) is 2. The Morgan fingerprint density at radius 1 is 1.25 bits per heavy atom. The van der Waals surface area contributed by atoms with Crippen LogP contribution in [0, 0.1) is 0 Å². The number of aromatic amines is 1. The highest BCUT2D eigenvalue weighted by atomic mass is 79.9. The molecule has 1 fully saturated rings. The SMILES string of the molecule is FC(F)(F)c1[nH]c2ccc(Br)cc2c1C1CCCNC1. The number of H-pyrrole nitrogens is 1. The maximum absolute atomic E-state index is 13.3. The molecule has 1 aromatic heterocycles. The fraction of sp³-hybridized carbons (Fsp3) is 0.429. The molecule has 0 radical (unpaired) electrons. The Bertz CT molecular complexity index is 627. The van der Waals surface area contributed by atoms with Crippen molar-refractivity contribution in [2.45, 2.75) is 24.9 Å². The third kappa shape index (κ3) is 2.46. The molecular formula is C14H14BrF3N2. The van der Waals surface area contributed by atoms with Crippen molar-refractivity contribution >= 4 is 26.8 Å². The molecule has 1 aliphatic rings. The molecule has 1 unspecified atom stereocenters. The molecule has 2 heterocycles. The number of aromatic nitrogens is 1. The van der Waals surface area contributed by atoms with Crippen molar-refractivity contribution < 1.29 is 13.2 Å². The van der Waals surface area contributed by atoms with E-state index in [1.807, 2.05) is 0 Å². The van der Waals surface area contributed by atoms with Crippen molar-refractivity contribution in [1.82, 2.24) is 10.3 Å². The fourth-order valence-electron chi connectivity index (χ4n) is 2.93. The highest BCUT2D eigenvalue weighted by Gasteiger charge is 2.38. The van der Waals surface area contributed by atoms with Crippen LogP contribution in [-0.2, 0) is 6.18 Å². The predicted molar refractivity (Wildman–Crippen MR) is 75.8 cm³/mol. The lowest BCUT2D eigenvalue weighted by Gasteiger charge is -2.24. The van der Waals surface area contributed by atoms with Gasteiger partial charge in [-0.05, 0) is 49.1 Å². The molecule has 0 spiro atoms. The Balaban J connectivity index is 2.21. The summed E-state index contributed by atoms with van der Waals surface area (Å²) in [7, 11) is 0. The van der Waals surface area contributed by atoms with Gasteiger partial charge < -0.3 is 10.3 Å². The lowest BCUT2D eigenvalue weighted by atomic mass is 9.89. The molecule has 1 aliphatic heterocycles. The Morgan fingerprint density at radius 2 is 2.05 bits per heavy atom. The topological polar surface area (TPSA) is 27.8 Å². The lowest BCUT2D eigenvalue weighted by molar-refractivity contribution is -0.141. The predicted octanol–water partition coefficient (Wildman–Crippen LogP) is 4.42. The zero-order valence-corrected chi connectivity index (χ0v) is 12.2. The highest BCUT2D eigenvalue weighted by molar-refractivity contribution is 9.10. The van der Waals surface area contributed by atoms with E-state index in [1.165, 1.54) is 0 Å². The minimum absolute atomic E-state index is 0.0941. The van der Waals surface area contributed by atoms with Gasteiger partial charge >= 0.3 is 6.18 Å². The number of rotatable bonds is 1. The number of alkyl halides is 3. The summed E-state index contributed by atoms with van der Waals surface area (Å²) < 4.78 is 40.6. The molecule has 1 aromatic carbocycles. The van der Waals surface area contributed by atoms with Crippen LogP contribution in [0.1, 0.15) is 30.0 Å². The number of piperidine rings is 1. The van der Waals surface area contributed by atoms with Gasteiger partial charge in [-0.25, -0.2) is 0 Å². The minimum atomic E-state index is -4.35. The van der Waals surface area contributed by atoms with Crippen LogP contribution in [0.5, 0.6) is 0 Å². The summed E-state index contributed by atoms with van der Waals surface area (Å²) in [4.78, 5) is 2.56. The van der Waals surface area contributed by atoms with Gasteiger partial charge in [0.25, 0.3) is 0 Å². The Morgan fingerprint density at radius 3 is 2.70 bits per heavy atom. The summed E-state index contributed by atoms with van der Waals surface area (Å²) >= 11 is 3.34. The Kier molecular flexibility index (Phi) is 3.54. The van der Waals surface area contributed by atoms with Gasteiger partial charge in [0.15, 0.2) is 0 Å². The van der Waals surface area contributed by atoms with Crippen molar-refractivity contribution in [2.24, 2.45) is 0 Å². The largest absolute Gasteiger partial charge is 0.431 e. The van der Waals surface area contributed by atoms with Gasteiger partial charge in [-0.15, -0.1) is 0 Å². The molecule has 1 saturated heterocycles. The highest BCUT2D eigenvalue weighted by Crippen LogP contribution is 2.41. The summed E-state index contributed by atoms with van der Waals surface area (Å²) in [5.74, 6) is -0.0941. The van der Waals surface area contributed by atoms with E-state index in [4.69, 9.17) is 0 Å². The number of hydrogen-bond acceptors (Lipinski definition) is 1. The van der Waals surface area contributed by atoms with Crippen LogP contribution in [0.25, 0.3) is 10.9 Å². The van der Waals surface area contributed by atoms with Crippen molar-refractivity contribution in [2.75, 3.05) is 13.1 Å². The first-order chi connectivity index (χ1) is 9.47. The summed E-state index contributed by atoms with van der Waals surface area (Å²) in [5.41, 5.74) is 0.349. The average Bonchev–Trinajstić information content (AvgIpc) is 2.78. The smallest absolute Gasteiger partial charge is 0.351 e. The summed E-state index contributed by atoms with van der Waals surface area (Å²) in [6, 6.07) is 5.21. The van der Waals surface area contributed by atoms with Crippen LogP contribution >= 0.6 is 15.9 Å². The number of halogens is 4. The van der Waals surface area contributed by atoms with Gasteiger partial charge in [0.05, 0.1) is 0 Å². The number of hydrogen-bond donors (Lipinski definition) is 2. The van der Waals surface area contributed by atoms with Crippen LogP contribution in [0.2, 0.25) is 0 Å². The molecule has 1 atom stereocenters. The van der Waals surface area contributed by atoms with Crippen molar-refractivity contribution in [3.8, 4) is 0 Å². The molecule has 108 valence electrons. The number of benzene rings is 1. The molecule has 0 saturated carbocycles. The van der Waals surface area contributed by atoms with E-state index in [1.54, 1.807) is 18.2 Å². The van der Waals surface area contributed by atoms with Gasteiger partial charge in [-0.3, -0.25) is 0 Å². The van der Waals surface area contributed by atoms with Crippen LogP contribution in [0.15, 0.2) is 22.7 Å². The van der Waals surface area contributed by atoms with E-state index in [9.17, 15) is 13.2 Å². The van der Waals surface area contributed by atoms with Crippen molar-refractivity contribution in [1.29, 1.82) is 0 Å². The maximum atomic E-state index is 13.3. The second-order valence-electron chi connectivity index (χ2n) is 5.14. The maximum Gasteiger partial charge on any atom is 0.431 e. The second kappa shape index (κ2) is 5.07. The molecule has 0 aliphatic carbocycles. The van der Waals surface area contributed by atoms with E-state index in [2.05, 4.69) is 26.2 Å². The Labute approximate surface area is 122 Å². The van der Waals surface area contributed by atoms with Crippen LogP contribution in [-0.4, -0.2) is 18.1 Å². The fourth-order valence-corrected chi connectivity index (χ4v) is 3.29. The number of fused-ring (bicyclic) bond motifs is 1. The zero-order valence-electron chi connectivity index (χ0n) is 10.6. The Hall–Kier alpha value is -1.01. The van der Waals surface area contributed by atoms with Crippen LogP contribution in [0.3, 0.4) is 0 Å². The molecule has 0 bridgehead atoms. The molecule has 0 amide bonds. The standard InChI is InChI=1S/C14H14BrF3N2/c15-9-3-4-11-10(6-9)12(8-2-1-5-19-7-8)13(20-11)14(16,17)18/h3-4,6,8,19-20H,1-2,5,7H2. The normalized spacial score (nSPS) is 20.5. The molecule has 6 heteroatoms. The summed E-state index contributed by atoms with van der Waals surface area (Å²) in [6.07, 6.45) is -2.66. The quantitative estimate of drug-likeness (QED) is 0.786. The van der Waals surface area contributed by atoms with E-state index < -0.39 is 11.9 Å².